The molecule has 7 nitrogen and oxygen atoms in total. The van der Waals surface area contributed by atoms with Crippen LogP contribution in [-0.2, 0) is 20.7 Å². The minimum Gasteiger partial charge on any atom is -0.481 e. The molecule has 0 heterocycles. The van der Waals surface area contributed by atoms with Crippen LogP contribution in [0.4, 0.5) is 10.5 Å². The smallest absolute Gasteiger partial charge is 0.319 e. The fraction of sp³-hybridized carbons (Fsp3) is 0.471. The number of ether oxygens (including phenoxy) is 1. The molecule has 0 unspecified atom stereocenters. The molecule has 0 saturated heterocycles. The summed E-state index contributed by atoms with van der Waals surface area (Å²) in [6.45, 7) is 3.54. The molecule has 0 aliphatic heterocycles. The van der Waals surface area contributed by atoms with Gasteiger partial charge < -0.3 is 20.5 Å². The number of anilines is 1. The fourth-order valence-corrected chi connectivity index (χ4v) is 2.05. The summed E-state index contributed by atoms with van der Waals surface area (Å²) in [6.07, 6.45) is 1.20. The Bertz CT molecular complexity index is 581. The molecule has 0 saturated carbocycles. The Labute approximate surface area is 141 Å². The highest BCUT2D eigenvalue weighted by atomic mass is 16.5. The zero-order chi connectivity index (χ0) is 18.2. The maximum Gasteiger partial charge on any atom is 0.319 e. The van der Waals surface area contributed by atoms with Crippen LogP contribution in [0.1, 0.15) is 38.7 Å². The predicted octanol–water partition coefficient (Wildman–Crippen LogP) is 2.56. The van der Waals surface area contributed by atoms with Crippen LogP contribution in [0.25, 0.3) is 0 Å². The first-order valence-electron chi connectivity index (χ1n) is 7.68. The molecule has 0 atom stereocenters. The lowest BCUT2D eigenvalue weighted by Gasteiger charge is -2.25. The van der Waals surface area contributed by atoms with E-state index in [-0.39, 0.29) is 12.4 Å². The van der Waals surface area contributed by atoms with Gasteiger partial charge in [0.2, 0.25) is 0 Å². The molecule has 3 N–H and O–H groups in total. The largest absolute Gasteiger partial charge is 0.481 e. The zero-order valence-corrected chi connectivity index (χ0v) is 14.2. The number of benzene rings is 1. The van der Waals surface area contributed by atoms with Crippen molar-refractivity contribution in [3.8, 4) is 0 Å². The van der Waals surface area contributed by atoms with Gasteiger partial charge in [-0.25, -0.2) is 4.79 Å². The lowest BCUT2D eigenvalue weighted by atomic mass is 9.99. The van der Waals surface area contributed by atoms with Crippen LogP contribution >= 0.6 is 0 Å². The number of amides is 2. The van der Waals surface area contributed by atoms with E-state index in [1.165, 1.54) is 7.11 Å². The van der Waals surface area contributed by atoms with Crippen molar-refractivity contribution in [1.29, 1.82) is 0 Å². The first kappa shape index (κ1) is 19.5. The number of esters is 1. The molecule has 1 rings (SSSR count). The summed E-state index contributed by atoms with van der Waals surface area (Å²) >= 11 is 0. The van der Waals surface area contributed by atoms with Gasteiger partial charge in [0.05, 0.1) is 7.11 Å². The number of hydrogen-bond donors (Lipinski definition) is 3. The van der Waals surface area contributed by atoms with Crippen molar-refractivity contribution in [2.45, 2.75) is 45.1 Å². The SMILES string of the molecule is COC(=O)CCc1ccc(NC(=O)NC(C)(C)CCC(=O)O)cc1. The third-order valence-electron chi connectivity index (χ3n) is 3.47. The van der Waals surface area contributed by atoms with Crippen LogP contribution in [0.15, 0.2) is 24.3 Å². The van der Waals surface area contributed by atoms with E-state index in [1.807, 2.05) is 12.1 Å². The molecule has 24 heavy (non-hydrogen) atoms. The van der Waals surface area contributed by atoms with Crippen molar-refractivity contribution in [3.05, 3.63) is 29.8 Å². The molecule has 7 heteroatoms. The van der Waals surface area contributed by atoms with E-state index >= 15 is 0 Å². The van der Waals surface area contributed by atoms with Crippen LogP contribution in [0.2, 0.25) is 0 Å². The predicted molar refractivity (Wildman–Crippen MR) is 89.9 cm³/mol. The second-order valence-corrected chi connectivity index (χ2v) is 6.13. The van der Waals surface area contributed by atoms with Crippen molar-refractivity contribution in [3.63, 3.8) is 0 Å². The average Bonchev–Trinajstić information content (AvgIpc) is 2.51. The van der Waals surface area contributed by atoms with Gasteiger partial charge in [-0.05, 0) is 44.4 Å². The molecule has 0 aliphatic rings. The van der Waals surface area contributed by atoms with Gasteiger partial charge in [-0.15, -0.1) is 0 Å². The van der Waals surface area contributed by atoms with E-state index < -0.39 is 17.5 Å². The van der Waals surface area contributed by atoms with E-state index in [1.54, 1.807) is 26.0 Å². The van der Waals surface area contributed by atoms with Crippen LogP contribution < -0.4 is 10.6 Å². The lowest BCUT2D eigenvalue weighted by Crippen LogP contribution is -2.45. The maximum atomic E-state index is 12.0. The number of carbonyl (C=O) groups excluding carboxylic acids is 2. The highest BCUT2D eigenvalue weighted by Gasteiger charge is 2.21. The summed E-state index contributed by atoms with van der Waals surface area (Å²) in [6, 6.07) is 6.75. The van der Waals surface area contributed by atoms with Crippen LogP contribution in [0.5, 0.6) is 0 Å². The van der Waals surface area contributed by atoms with Crippen molar-refractivity contribution in [2.75, 3.05) is 12.4 Å². The van der Waals surface area contributed by atoms with Crippen molar-refractivity contribution in [1.82, 2.24) is 5.32 Å². The molecular formula is C17H24N2O5. The number of carboxylic acids is 1. The molecule has 0 aromatic heterocycles. The molecule has 1 aromatic carbocycles. The highest BCUT2D eigenvalue weighted by Crippen LogP contribution is 2.14. The molecule has 0 aliphatic carbocycles. The quantitative estimate of drug-likeness (QED) is 0.633. The Kier molecular flexibility index (Phi) is 7.23. The number of aliphatic carboxylic acids is 1. The van der Waals surface area contributed by atoms with Gasteiger partial charge >= 0.3 is 18.0 Å². The average molecular weight is 336 g/mol. The minimum absolute atomic E-state index is 0.0117. The summed E-state index contributed by atoms with van der Waals surface area (Å²) in [5.74, 6) is -1.16. The van der Waals surface area contributed by atoms with Crippen LogP contribution in [0.3, 0.4) is 0 Å². The summed E-state index contributed by atoms with van der Waals surface area (Å²) < 4.78 is 4.59. The molecule has 0 radical (unpaired) electrons. The summed E-state index contributed by atoms with van der Waals surface area (Å²) in [5.41, 5.74) is 0.958. The van der Waals surface area contributed by atoms with Gasteiger partial charge in [-0.1, -0.05) is 12.1 Å². The Morgan fingerprint density at radius 3 is 2.29 bits per heavy atom. The number of carboxylic acid groups (broad SMARTS) is 1. The third kappa shape index (κ3) is 7.62. The van der Waals surface area contributed by atoms with E-state index in [0.29, 0.717) is 24.9 Å². The normalized spacial score (nSPS) is 10.8. The summed E-state index contributed by atoms with van der Waals surface area (Å²) in [4.78, 5) is 33.7. The number of carbonyl (C=O) groups is 3. The van der Waals surface area contributed by atoms with Gasteiger partial charge in [-0.3, -0.25) is 9.59 Å². The molecule has 2 amide bonds. The fourth-order valence-electron chi connectivity index (χ4n) is 2.05. The number of nitrogens with one attached hydrogen (secondary N) is 2. The van der Waals surface area contributed by atoms with Crippen LogP contribution in [-0.4, -0.2) is 35.7 Å². The van der Waals surface area contributed by atoms with Crippen molar-refractivity contribution < 1.29 is 24.2 Å². The van der Waals surface area contributed by atoms with E-state index in [2.05, 4.69) is 15.4 Å². The third-order valence-corrected chi connectivity index (χ3v) is 3.47. The molecule has 132 valence electrons. The van der Waals surface area contributed by atoms with Gasteiger partial charge in [0.1, 0.15) is 0 Å². The number of hydrogen-bond acceptors (Lipinski definition) is 4. The van der Waals surface area contributed by atoms with Gasteiger partial charge in [0.25, 0.3) is 0 Å². The number of methoxy groups -OCH3 is 1. The van der Waals surface area contributed by atoms with E-state index in [0.717, 1.165) is 5.56 Å². The molecule has 1 aromatic rings. The summed E-state index contributed by atoms with van der Waals surface area (Å²) in [5, 5.41) is 14.2. The topological polar surface area (TPSA) is 105 Å². The Hall–Kier alpha value is -2.57. The number of urea groups is 1. The van der Waals surface area contributed by atoms with Gasteiger partial charge in [-0.2, -0.15) is 0 Å². The molecule has 0 fully saturated rings. The lowest BCUT2D eigenvalue weighted by molar-refractivity contribution is -0.140. The molecule has 0 bridgehead atoms. The Morgan fingerprint density at radius 1 is 1.12 bits per heavy atom. The minimum atomic E-state index is -0.896. The van der Waals surface area contributed by atoms with Gasteiger partial charge in [0.15, 0.2) is 0 Å². The Balaban J connectivity index is 2.49. The maximum absolute atomic E-state index is 12.0. The highest BCUT2D eigenvalue weighted by molar-refractivity contribution is 5.89. The summed E-state index contributed by atoms with van der Waals surface area (Å²) in [7, 11) is 1.35. The van der Waals surface area contributed by atoms with Gasteiger partial charge in [0, 0.05) is 24.1 Å². The number of aryl methyl sites for hydroxylation is 1. The first-order valence-corrected chi connectivity index (χ1v) is 7.68. The van der Waals surface area contributed by atoms with Crippen molar-refractivity contribution >= 4 is 23.7 Å². The van der Waals surface area contributed by atoms with Crippen molar-refractivity contribution in [2.24, 2.45) is 0 Å². The molecule has 0 spiro atoms. The zero-order valence-electron chi connectivity index (χ0n) is 14.2. The standard InChI is InChI=1S/C17H24N2O5/c1-17(2,11-10-14(20)21)19-16(23)18-13-7-4-12(5-8-13)6-9-15(22)24-3/h4-5,7-8H,6,9-11H2,1-3H3,(H,20,21)(H2,18,19,23). The monoisotopic (exact) mass is 336 g/mol. The van der Waals surface area contributed by atoms with E-state index in [4.69, 9.17) is 5.11 Å². The molecular weight excluding hydrogens is 312 g/mol. The van der Waals surface area contributed by atoms with E-state index in [9.17, 15) is 14.4 Å². The number of rotatable bonds is 8. The second-order valence-electron chi connectivity index (χ2n) is 6.13. The Morgan fingerprint density at radius 2 is 1.75 bits per heavy atom. The van der Waals surface area contributed by atoms with Crippen LogP contribution in [0, 0.1) is 0 Å². The first-order chi connectivity index (χ1) is 11.2. The second kappa shape index (κ2) is 8.90.